The van der Waals surface area contributed by atoms with E-state index >= 15 is 0 Å². The zero-order valence-corrected chi connectivity index (χ0v) is 17.6. The summed E-state index contributed by atoms with van der Waals surface area (Å²) in [7, 11) is 0. The van der Waals surface area contributed by atoms with Gasteiger partial charge in [-0.25, -0.2) is 4.79 Å². The molecule has 0 saturated heterocycles. The van der Waals surface area contributed by atoms with Crippen molar-refractivity contribution < 1.29 is 14.6 Å². The van der Waals surface area contributed by atoms with Crippen molar-refractivity contribution in [3.05, 3.63) is 95.6 Å². The third-order valence-corrected chi connectivity index (χ3v) is 5.62. The van der Waals surface area contributed by atoms with E-state index in [1.165, 1.54) is 11.1 Å². The zero-order valence-electron chi connectivity index (χ0n) is 17.6. The highest BCUT2D eigenvalue weighted by molar-refractivity contribution is 5.69. The SMILES string of the molecule is O=C(O)COc1cccc2c1CCN2CCN(Cc1ccccc1)Cc1ccccc1. The van der Waals surface area contributed by atoms with Crippen molar-refractivity contribution >= 4 is 11.7 Å². The van der Waals surface area contributed by atoms with Gasteiger partial charge in [0.15, 0.2) is 6.61 Å². The summed E-state index contributed by atoms with van der Waals surface area (Å²) in [5.41, 5.74) is 4.89. The number of rotatable bonds is 10. The molecule has 0 unspecified atom stereocenters. The summed E-state index contributed by atoms with van der Waals surface area (Å²) in [6.45, 7) is 4.26. The number of aliphatic carboxylic acids is 1. The summed E-state index contributed by atoms with van der Waals surface area (Å²) in [5.74, 6) is -0.266. The molecule has 3 aromatic rings. The molecule has 0 aromatic heterocycles. The van der Waals surface area contributed by atoms with Gasteiger partial charge in [0.25, 0.3) is 0 Å². The van der Waals surface area contributed by atoms with Crippen LogP contribution in [-0.2, 0) is 24.3 Å². The molecule has 1 aliphatic heterocycles. The van der Waals surface area contributed by atoms with E-state index in [0.717, 1.165) is 50.4 Å². The van der Waals surface area contributed by atoms with E-state index in [0.29, 0.717) is 5.75 Å². The van der Waals surface area contributed by atoms with Gasteiger partial charge in [0.05, 0.1) is 0 Å². The monoisotopic (exact) mass is 416 g/mol. The van der Waals surface area contributed by atoms with Gasteiger partial charge in [0.2, 0.25) is 0 Å². The lowest BCUT2D eigenvalue weighted by Crippen LogP contribution is -2.34. The molecule has 0 spiro atoms. The molecule has 0 bridgehead atoms. The Morgan fingerprint density at radius 3 is 2.16 bits per heavy atom. The van der Waals surface area contributed by atoms with Crippen LogP contribution in [0.4, 0.5) is 5.69 Å². The van der Waals surface area contributed by atoms with E-state index in [1.54, 1.807) is 0 Å². The highest BCUT2D eigenvalue weighted by atomic mass is 16.5. The highest BCUT2D eigenvalue weighted by Gasteiger charge is 2.23. The fourth-order valence-electron chi connectivity index (χ4n) is 4.14. The minimum absolute atomic E-state index is 0.307. The van der Waals surface area contributed by atoms with Gasteiger partial charge in [-0.1, -0.05) is 66.7 Å². The predicted octanol–water partition coefficient (Wildman–Crippen LogP) is 4.21. The van der Waals surface area contributed by atoms with Crippen LogP contribution < -0.4 is 9.64 Å². The van der Waals surface area contributed by atoms with Gasteiger partial charge in [-0.2, -0.15) is 0 Å². The molecular weight excluding hydrogens is 388 g/mol. The molecule has 1 aliphatic rings. The fourth-order valence-corrected chi connectivity index (χ4v) is 4.14. The van der Waals surface area contributed by atoms with Gasteiger partial charge < -0.3 is 14.7 Å². The number of carboxylic acid groups (broad SMARTS) is 1. The summed E-state index contributed by atoms with van der Waals surface area (Å²) in [4.78, 5) is 15.7. The predicted molar refractivity (Wildman–Crippen MR) is 122 cm³/mol. The van der Waals surface area contributed by atoms with Crippen molar-refractivity contribution in [2.24, 2.45) is 0 Å². The van der Waals surface area contributed by atoms with E-state index in [-0.39, 0.29) is 6.61 Å². The van der Waals surface area contributed by atoms with E-state index in [1.807, 2.05) is 12.1 Å². The molecule has 31 heavy (non-hydrogen) atoms. The maximum Gasteiger partial charge on any atom is 0.341 e. The van der Waals surface area contributed by atoms with Crippen LogP contribution in [0.25, 0.3) is 0 Å². The van der Waals surface area contributed by atoms with Crippen molar-refractivity contribution in [1.29, 1.82) is 0 Å². The van der Waals surface area contributed by atoms with Gasteiger partial charge in [-0.3, -0.25) is 4.90 Å². The first-order chi connectivity index (χ1) is 15.2. The van der Waals surface area contributed by atoms with Gasteiger partial charge in [-0.15, -0.1) is 0 Å². The first-order valence-corrected chi connectivity index (χ1v) is 10.7. The topological polar surface area (TPSA) is 53.0 Å². The molecule has 0 atom stereocenters. The van der Waals surface area contributed by atoms with Crippen molar-refractivity contribution in [1.82, 2.24) is 4.90 Å². The molecule has 5 heteroatoms. The Morgan fingerprint density at radius 1 is 0.903 bits per heavy atom. The summed E-state index contributed by atoms with van der Waals surface area (Å²) >= 11 is 0. The third-order valence-electron chi connectivity index (χ3n) is 5.62. The summed E-state index contributed by atoms with van der Waals surface area (Å²) in [5, 5.41) is 8.92. The highest BCUT2D eigenvalue weighted by Crippen LogP contribution is 2.35. The zero-order chi connectivity index (χ0) is 21.5. The van der Waals surface area contributed by atoms with E-state index in [2.05, 4.69) is 76.5 Å². The second-order valence-corrected chi connectivity index (χ2v) is 7.86. The molecular formula is C26H28N2O3. The van der Waals surface area contributed by atoms with Gasteiger partial charge in [-0.05, 0) is 29.7 Å². The van der Waals surface area contributed by atoms with E-state index in [4.69, 9.17) is 9.84 Å². The Balaban J connectivity index is 1.44. The van der Waals surface area contributed by atoms with Gasteiger partial charge >= 0.3 is 5.97 Å². The molecule has 4 rings (SSSR count). The first kappa shape index (κ1) is 20.9. The average molecular weight is 417 g/mol. The number of anilines is 1. The molecule has 1 heterocycles. The second-order valence-electron chi connectivity index (χ2n) is 7.86. The number of carboxylic acids is 1. The van der Waals surface area contributed by atoms with E-state index < -0.39 is 5.97 Å². The first-order valence-electron chi connectivity index (χ1n) is 10.7. The van der Waals surface area contributed by atoms with E-state index in [9.17, 15) is 4.79 Å². The molecule has 0 radical (unpaired) electrons. The molecule has 0 aliphatic carbocycles. The number of carbonyl (C=O) groups is 1. The smallest absolute Gasteiger partial charge is 0.341 e. The molecule has 160 valence electrons. The Kier molecular flexibility index (Phi) is 6.85. The van der Waals surface area contributed by atoms with Crippen LogP contribution in [-0.4, -0.2) is 42.2 Å². The summed E-state index contributed by atoms with van der Waals surface area (Å²) in [6.07, 6.45) is 0.877. The number of fused-ring (bicyclic) bond motifs is 1. The van der Waals surface area contributed by atoms with Crippen LogP contribution in [0, 0.1) is 0 Å². The van der Waals surface area contributed by atoms with Crippen molar-refractivity contribution in [3.8, 4) is 5.75 Å². The molecule has 5 nitrogen and oxygen atoms in total. The molecule has 0 amide bonds. The number of benzene rings is 3. The minimum Gasteiger partial charge on any atom is -0.482 e. The van der Waals surface area contributed by atoms with Crippen molar-refractivity contribution in [3.63, 3.8) is 0 Å². The molecule has 1 N–H and O–H groups in total. The number of hydrogen-bond acceptors (Lipinski definition) is 4. The average Bonchev–Trinajstić information content (AvgIpc) is 3.21. The Morgan fingerprint density at radius 2 is 1.55 bits per heavy atom. The minimum atomic E-state index is -0.954. The summed E-state index contributed by atoms with van der Waals surface area (Å²) < 4.78 is 5.51. The Labute approximate surface area is 183 Å². The van der Waals surface area contributed by atoms with Crippen molar-refractivity contribution in [2.45, 2.75) is 19.5 Å². The van der Waals surface area contributed by atoms with Gasteiger partial charge in [0, 0.05) is 44.0 Å². The van der Waals surface area contributed by atoms with Crippen LogP contribution in [0.15, 0.2) is 78.9 Å². The molecule has 3 aromatic carbocycles. The largest absolute Gasteiger partial charge is 0.482 e. The number of ether oxygens (including phenoxy) is 1. The lowest BCUT2D eigenvalue weighted by atomic mass is 10.1. The number of hydrogen-bond donors (Lipinski definition) is 1. The standard InChI is InChI=1S/C26H28N2O3/c29-26(30)20-31-25-13-7-12-24-23(25)14-15-28(24)17-16-27(18-21-8-3-1-4-9-21)19-22-10-5-2-6-11-22/h1-13H,14-20H2,(H,29,30). The maximum absolute atomic E-state index is 10.9. The van der Waals surface area contributed by atoms with Crippen LogP contribution in [0.3, 0.4) is 0 Å². The quantitative estimate of drug-likeness (QED) is 0.536. The summed E-state index contributed by atoms with van der Waals surface area (Å²) in [6, 6.07) is 27.1. The lowest BCUT2D eigenvalue weighted by molar-refractivity contribution is -0.139. The van der Waals surface area contributed by atoms with Crippen LogP contribution >= 0.6 is 0 Å². The third kappa shape index (κ3) is 5.64. The fraction of sp³-hybridized carbons (Fsp3) is 0.269. The maximum atomic E-state index is 10.9. The van der Waals surface area contributed by atoms with Crippen LogP contribution in [0.1, 0.15) is 16.7 Å². The molecule has 0 saturated carbocycles. The Hall–Kier alpha value is -3.31. The lowest BCUT2D eigenvalue weighted by Gasteiger charge is -2.27. The van der Waals surface area contributed by atoms with Crippen LogP contribution in [0.5, 0.6) is 5.75 Å². The Bertz CT molecular complexity index is 951. The number of nitrogens with zero attached hydrogens (tertiary/aromatic N) is 2. The van der Waals surface area contributed by atoms with Crippen LogP contribution in [0.2, 0.25) is 0 Å². The van der Waals surface area contributed by atoms with Crippen molar-refractivity contribution in [2.75, 3.05) is 31.1 Å². The normalized spacial score (nSPS) is 12.7. The van der Waals surface area contributed by atoms with Gasteiger partial charge in [0.1, 0.15) is 5.75 Å². The second kappa shape index (κ2) is 10.1. The molecule has 0 fully saturated rings.